The van der Waals surface area contributed by atoms with Crippen molar-refractivity contribution in [3.8, 4) is 0 Å². The highest BCUT2D eigenvalue weighted by molar-refractivity contribution is 5.86. The van der Waals surface area contributed by atoms with Gasteiger partial charge in [0.1, 0.15) is 6.54 Å². The molecular formula is C20H24FN7O2. The molecule has 0 aromatic carbocycles. The Morgan fingerprint density at radius 1 is 1.20 bits per heavy atom. The second kappa shape index (κ2) is 8.29. The van der Waals surface area contributed by atoms with Crippen molar-refractivity contribution >= 4 is 17.8 Å². The lowest BCUT2D eigenvalue weighted by Gasteiger charge is -2.39. The molecule has 0 bridgehead atoms. The lowest BCUT2D eigenvalue weighted by Crippen LogP contribution is -2.56. The minimum atomic E-state index is -0.523. The number of hydrogen-bond acceptors (Lipinski definition) is 7. The Hall–Kier alpha value is -3.17. The van der Waals surface area contributed by atoms with Crippen molar-refractivity contribution in [3.05, 3.63) is 42.0 Å². The third kappa shape index (κ3) is 3.94. The first-order valence-electron chi connectivity index (χ1n) is 10.0. The minimum Gasteiger partial charge on any atom is -0.350 e. The van der Waals surface area contributed by atoms with Gasteiger partial charge in [0.25, 0.3) is 0 Å². The number of carbonyl (C=O) groups excluding carboxylic acids is 2. The van der Waals surface area contributed by atoms with Gasteiger partial charge in [0.05, 0.1) is 48.5 Å². The van der Waals surface area contributed by atoms with E-state index in [1.165, 1.54) is 0 Å². The molecule has 2 aromatic heterocycles. The first-order valence-corrected chi connectivity index (χ1v) is 10.0. The van der Waals surface area contributed by atoms with Gasteiger partial charge in [-0.25, -0.2) is 14.4 Å². The minimum absolute atomic E-state index is 0.0641. The zero-order valence-electron chi connectivity index (χ0n) is 17.0. The van der Waals surface area contributed by atoms with Crippen molar-refractivity contribution in [2.24, 2.45) is 5.92 Å². The molecule has 4 rings (SSSR count). The molecular weight excluding hydrogens is 389 g/mol. The summed E-state index contributed by atoms with van der Waals surface area (Å²) in [5.74, 6) is -0.646. The normalized spacial score (nSPS) is 23.4. The Morgan fingerprint density at radius 2 is 1.97 bits per heavy atom. The van der Waals surface area contributed by atoms with Crippen LogP contribution in [-0.2, 0) is 16.1 Å². The fourth-order valence-electron chi connectivity index (χ4n) is 4.35. The molecule has 4 heterocycles. The van der Waals surface area contributed by atoms with E-state index in [4.69, 9.17) is 0 Å². The van der Waals surface area contributed by atoms with Crippen LogP contribution in [0.15, 0.2) is 24.8 Å². The van der Waals surface area contributed by atoms with Crippen molar-refractivity contribution in [3.63, 3.8) is 0 Å². The Morgan fingerprint density at radius 3 is 2.63 bits per heavy atom. The number of hydrogen-bond donors (Lipinski definition) is 1. The number of fused-ring (bicyclic) bond motifs is 1. The molecule has 0 radical (unpaired) electrons. The monoisotopic (exact) mass is 413 g/mol. The van der Waals surface area contributed by atoms with Crippen LogP contribution < -0.4 is 10.2 Å². The summed E-state index contributed by atoms with van der Waals surface area (Å²) in [6.07, 6.45) is 6.75. The summed E-state index contributed by atoms with van der Waals surface area (Å²) in [4.78, 5) is 45.8. The van der Waals surface area contributed by atoms with Gasteiger partial charge in [-0.3, -0.25) is 19.6 Å². The molecule has 0 aliphatic carbocycles. The summed E-state index contributed by atoms with van der Waals surface area (Å²) >= 11 is 0. The quantitative estimate of drug-likeness (QED) is 0.775. The molecule has 2 aromatic rings. The van der Waals surface area contributed by atoms with Crippen molar-refractivity contribution in [2.75, 3.05) is 18.0 Å². The number of carbonyl (C=O) groups is 2. The second-order valence-corrected chi connectivity index (χ2v) is 7.72. The lowest BCUT2D eigenvalue weighted by atomic mass is 9.96. The first kappa shape index (κ1) is 20.1. The van der Waals surface area contributed by atoms with Gasteiger partial charge in [0, 0.05) is 18.8 Å². The van der Waals surface area contributed by atoms with Crippen LogP contribution in [0.3, 0.4) is 0 Å². The van der Waals surface area contributed by atoms with Gasteiger partial charge < -0.3 is 15.1 Å². The summed E-state index contributed by atoms with van der Waals surface area (Å²) < 4.78 is 13.1. The Bertz CT molecular complexity index is 922. The second-order valence-electron chi connectivity index (χ2n) is 7.72. The molecule has 2 aliphatic heterocycles. The maximum Gasteiger partial charge on any atom is 0.242 e. The number of aromatic nitrogens is 4. The van der Waals surface area contributed by atoms with E-state index < -0.39 is 5.82 Å². The van der Waals surface area contributed by atoms with Gasteiger partial charge in [-0.05, 0) is 19.8 Å². The van der Waals surface area contributed by atoms with Crippen molar-refractivity contribution in [2.45, 2.75) is 45.3 Å². The summed E-state index contributed by atoms with van der Waals surface area (Å²) in [6, 6.07) is -0.261. The zero-order valence-corrected chi connectivity index (χ0v) is 17.0. The maximum absolute atomic E-state index is 13.1. The third-order valence-corrected chi connectivity index (χ3v) is 5.71. The predicted octanol–water partition coefficient (Wildman–Crippen LogP) is 0.846. The number of piperazine rings is 1. The summed E-state index contributed by atoms with van der Waals surface area (Å²) in [5.41, 5.74) is 1.51. The van der Waals surface area contributed by atoms with Gasteiger partial charge in [0.15, 0.2) is 5.82 Å². The Balaban J connectivity index is 1.44. The van der Waals surface area contributed by atoms with E-state index in [2.05, 4.69) is 25.3 Å². The van der Waals surface area contributed by atoms with Crippen molar-refractivity contribution in [1.29, 1.82) is 0 Å². The molecule has 2 amide bonds. The number of aryl methyl sites for hydroxylation is 1. The van der Waals surface area contributed by atoms with Crippen LogP contribution >= 0.6 is 0 Å². The Labute approximate surface area is 173 Å². The van der Waals surface area contributed by atoms with Crippen LogP contribution in [0.4, 0.5) is 10.3 Å². The third-order valence-electron chi connectivity index (χ3n) is 5.71. The number of nitrogens with zero attached hydrogens (tertiary/aromatic N) is 6. The highest BCUT2D eigenvalue weighted by Gasteiger charge is 2.49. The molecule has 2 fully saturated rings. The van der Waals surface area contributed by atoms with E-state index in [0.717, 1.165) is 18.1 Å². The zero-order chi connectivity index (χ0) is 21.3. The fraction of sp³-hybridized carbons (Fsp3) is 0.500. The van der Waals surface area contributed by atoms with Crippen LogP contribution in [-0.4, -0.2) is 61.8 Å². The topological polar surface area (TPSA) is 104 Å². The first-order chi connectivity index (χ1) is 14.5. The van der Waals surface area contributed by atoms with Crippen LogP contribution in [0.2, 0.25) is 0 Å². The number of anilines is 1. The van der Waals surface area contributed by atoms with E-state index in [9.17, 15) is 14.0 Å². The highest BCUT2D eigenvalue weighted by atomic mass is 19.1. The summed E-state index contributed by atoms with van der Waals surface area (Å²) in [5, 5.41) is 2.94. The van der Waals surface area contributed by atoms with Crippen LogP contribution in [0.25, 0.3) is 0 Å². The number of nitrogens with one attached hydrogen (secondary N) is 1. The molecule has 0 unspecified atom stereocenters. The molecule has 0 saturated carbocycles. The van der Waals surface area contributed by atoms with Crippen LogP contribution in [0, 0.1) is 18.7 Å². The van der Waals surface area contributed by atoms with Gasteiger partial charge in [0.2, 0.25) is 17.8 Å². The van der Waals surface area contributed by atoms with Gasteiger partial charge >= 0.3 is 0 Å². The molecule has 30 heavy (non-hydrogen) atoms. The van der Waals surface area contributed by atoms with Crippen LogP contribution in [0.5, 0.6) is 0 Å². The van der Waals surface area contributed by atoms with Gasteiger partial charge in [-0.1, -0.05) is 6.92 Å². The van der Waals surface area contributed by atoms with Gasteiger partial charge in [-0.15, -0.1) is 0 Å². The molecule has 0 spiro atoms. The number of amides is 2. The smallest absolute Gasteiger partial charge is 0.242 e. The van der Waals surface area contributed by atoms with Crippen molar-refractivity contribution < 1.29 is 14.0 Å². The molecule has 9 nitrogen and oxygen atoms in total. The highest BCUT2D eigenvalue weighted by Crippen LogP contribution is 2.35. The summed E-state index contributed by atoms with van der Waals surface area (Å²) in [6.45, 7) is 4.77. The van der Waals surface area contributed by atoms with E-state index in [-0.39, 0.29) is 36.4 Å². The largest absolute Gasteiger partial charge is 0.350 e. The summed E-state index contributed by atoms with van der Waals surface area (Å²) in [7, 11) is 0. The molecule has 10 heteroatoms. The Kier molecular flexibility index (Phi) is 5.56. The molecule has 158 valence electrons. The van der Waals surface area contributed by atoms with Crippen LogP contribution in [0.1, 0.15) is 31.2 Å². The van der Waals surface area contributed by atoms with E-state index >= 15 is 0 Å². The van der Waals surface area contributed by atoms with Gasteiger partial charge in [-0.2, -0.15) is 0 Å². The van der Waals surface area contributed by atoms with E-state index in [1.54, 1.807) is 17.3 Å². The molecule has 2 saturated heterocycles. The SMILES string of the molecule is CC[C@@H]1[C@H](C(=O)NCc2cnc(C)cn2)C[C@@H]2CN(c3ncc(F)cn3)CC(=O)N21. The average molecular weight is 413 g/mol. The molecule has 3 atom stereocenters. The lowest BCUT2D eigenvalue weighted by molar-refractivity contribution is -0.135. The molecule has 1 N–H and O–H groups in total. The predicted molar refractivity (Wildman–Crippen MR) is 106 cm³/mol. The number of halogens is 1. The molecule has 2 aliphatic rings. The average Bonchev–Trinajstić information content (AvgIpc) is 3.13. The number of rotatable bonds is 5. The fourth-order valence-corrected chi connectivity index (χ4v) is 4.35. The van der Waals surface area contributed by atoms with Crippen molar-refractivity contribution in [1.82, 2.24) is 30.2 Å². The van der Waals surface area contributed by atoms with E-state index in [0.29, 0.717) is 37.6 Å². The standard InChI is InChI=1S/C20H24FN7O2/c1-3-17-16(19(30)24-9-14-8-22-12(2)5-23-14)4-15-10-27(11-18(29)28(15)17)20-25-6-13(21)7-26-20/h5-8,15-17H,3-4,9-11H2,1-2H3,(H,24,30)/t15-,16-,17-/m1/s1. The maximum atomic E-state index is 13.1. The van der Waals surface area contributed by atoms with E-state index in [1.807, 2.05) is 18.7 Å².